The molecule has 0 radical (unpaired) electrons. The van der Waals surface area contributed by atoms with Crippen LogP contribution in [-0.2, 0) is 23.8 Å². The van der Waals surface area contributed by atoms with Crippen LogP contribution in [0.5, 0.6) is 0 Å². The third-order valence-electron chi connectivity index (χ3n) is 15.0. The van der Waals surface area contributed by atoms with Crippen molar-refractivity contribution in [2.75, 3.05) is 13.1 Å². The molecule has 0 aromatic heterocycles. The van der Waals surface area contributed by atoms with Crippen molar-refractivity contribution in [1.29, 1.82) is 0 Å². The SMILES string of the molecule is C/C=C(/C)C(=O)O[C@H]1CC[C@@]2(C)[C@@H]3C[C@@H](O)[C@H]4[C@@]5(O)[C@@H](C[C@@]42O[C@]13O)[C@@H]1CN2C[C@@H](C)CC[C@H]2[C@@](C)(O)[C@H]1[C@@H](O)[C@@H]5OC(=O)[C@H](C)CC. The van der Waals surface area contributed by atoms with Crippen molar-refractivity contribution in [3.63, 3.8) is 0 Å². The standard InChI is InChI=1S/C37H57NO10/c1-8-19(4)31(41)46-26-12-13-33(6)24-14-23(39)29-35(33,48-37(24,26)45)15-22-21-17-38-16-18(3)10-11-25(38)34(7,43)27(21)28(40)30(36(22,29)44)47-32(42)20(5)9-2/h8,18,20-30,39-40,43-45H,9-17H2,1-7H3/b19-8-/t18-,20+,21-,22-,23+,24-,25-,26-,27+,28+,29+,30-,33-,34+,35+,36-,37-/m0/s1. The Labute approximate surface area is 284 Å². The van der Waals surface area contributed by atoms with Gasteiger partial charge in [-0.05, 0) is 83.5 Å². The second-order valence-corrected chi connectivity index (χ2v) is 17.3. The van der Waals surface area contributed by atoms with Crippen molar-refractivity contribution in [2.45, 2.75) is 146 Å². The molecule has 3 saturated heterocycles. The summed E-state index contributed by atoms with van der Waals surface area (Å²) in [5.74, 6) is -6.48. The molecule has 0 unspecified atom stereocenters. The molecule has 270 valence electrons. The fourth-order valence-electron chi connectivity index (χ4n) is 12.4. The Hall–Kier alpha value is -1.60. The highest BCUT2D eigenvalue weighted by Gasteiger charge is 2.87. The van der Waals surface area contributed by atoms with Gasteiger partial charge in [0.15, 0.2) is 12.2 Å². The molecule has 0 aromatic rings. The Morgan fingerprint density at radius 3 is 2.46 bits per heavy atom. The third-order valence-corrected chi connectivity index (χ3v) is 15.0. The third kappa shape index (κ3) is 4.30. The van der Waals surface area contributed by atoms with Crippen molar-refractivity contribution in [2.24, 2.45) is 46.8 Å². The molecule has 3 aliphatic heterocycles. The first-order valence-corrected chi connectivity index (χ1v) is 18.4. The van der Waals surface area contributed by atoms with E-state index >= 15 is 0 Å². The van der Waals surface area contributed by atoms with E-state index in [0.717, 1.165) is 19.4 Å². The molecule has 11 heteroatoms. The van der Waals surface area contributed by atoms with Gasteiger partial charge < -0.3 is 39.7 Å². The van der Waals surface area contributed by atoms with Gasteiger partial charge in [0.25, 0.3) is 0 Å². The van der Waals surface area contributed by atoms with E-state index in [1.807, 2.05) is 13.8 Å². The first-order valence-electron chi connectivity index (χ1n) is 18.4. The quantitative estimate of drug-likeness (QED) is 0.214. The van der Waals surface area contributed by atoms with Crippen molar-refractivity contribution in [3.8, 4) is 0 Å². The molecule has 17 atom stereocenters. The fraction of sp³-hybridized carbons (Fsp3) is 0.892. The van der Waals surface area contributed by atoms with E-state index in [-0.39, 0.29) is 18.9 Å². The van der Waals surface area contributed by atoms with Crippen LogP contribution in [0, 0.1) is 46.8 Å². The van der Waals surface area contributed by atoms with Gasteiger partial charge in [-0.2, -0.15) is 0 Å². The van der Waals surface area contributed by atoms with Crippen LogP contribution in [0.3, 0.4) is 0 Å². The lowest BCUT2D eigenvalue weighted by atomic mass is 9.49. The number of aliphatic hydroxyl groups excluding tert-OH is 2. The molecular weight excluding hydrogens is 618 g/mol. The van der Waals surface area contributed by atoms with Gasteiger partial charge in [0.05, 0.1) is 29.3 Å². The average molecular weight is 676 g/mol. The van der Waals surface area contributed by atoms with E-state index in [2.05, 4.69) is 11.8 Å². The lowest BCUT2D eigenvalue weighted by molar-refractivity contribution is -0.299. The highest BCUT2D eigenvalue weighted by molar-refractivity contribution is 5.87. The number of rotatable bonds is 5. The van der Waals surface area contributed by atoms with E-state index in [9.17, 15) is 35.1 Å². The number of aliphatic hydroxyl groups is 5. The zero-order chi connectivity index (χ0) is 34.9. The van der Waals surface area contributed by atoms with E-state index in [1.165, 1.54) is 0 Å². The number of hydrogen-bond acceptors (Lipinski definition) is 11. The van der Waals surface area contributed by atoms with Crippen LogP contribution in [0.2, 0.25) is 0 Å². The number of carbonyl (C=O) groups excluding carboxylic acids is 2. The maximum Gasteiger partial charge on any atom is 0.333 e. The second kappa shape index (κ2) is 11.2. The zero-order valence-electron chi connectivity index (χ0n) is 29.6. The van der Waals surface area contributed by atoms with E-state index in [0.29, 0.717) is 37.3 Å². The van der Waals surface area contributed by atoms with Gasteiger partial charge in [-0.15, -0.1) is 0 Å². The minimum atomic E-state index is -1.93. The van der Waals surface area contributed by atoms with Crippen LogP contribution in [0.1, 0.15) is 93.4 Å². The minimum Gasteiger partial charge on any atom is -0.456 e. The number of carbonyl (C=O) groups is 2. The fourth-order valence-corrected chi connectivity index (χ4v) is 12.4. The maximum absolute atomic E-state index is 13.5. The number of ether oxygens (including phenoxy) is 3. The molecule has 7 rings (SSSR count). The van der Waals surface area contributed by atoms with Crippen molar-refractivity contribution >= 4 is 11.9 Å². The van der Waals surface area contributed by atoms with Crippen LogP contribution >= 0.6 is 0 Å². The topological polar surface area (TPSA) is 166 Å². The van der Waals surface area contributed by atoms with E-state index in [1.54, 1.807) is 33.8 Å². The number of fused-ring (bicyclic) bond motifs is 5. The monoisotopic (exact) mass is 675 g/mol. The summed E-state index contributed by atoms with van der Waals surface area (Å²) in [6.07, 6.45) is 0.0267. The zero-order valence-corrected chi connectivity index (χ0v) is 29.6. The molecule has 3 heterocycles. The Morgan fingerprint density at radius 2 is 1.79 bits per heavy atom. The number of piperidine rings is 2. The van der Waals surface area contributed by atoms with Crippen molar-refractivity contribution in [3.05, 3.63) is 11.6 Å². The smallest absolute Gasteiger partial charge is 0.333 e. The predicted molar refractivity (Wildman–Crippen MR) is 173 cm³/mol. The molecule has 7 fully saturated rings. The molecular formula is C37H57NO10. The average Bonchev–Trinajstić information content (AvgIpc) is 3.31. The molecule has 4 bridgehead atoms. The summed E-state index contributed by atoms with van der Waals surface area (Å²) in [7, 11) is 0. The molecule has 4 saturated carbocycles. The van der Waals surface area contributed by atoms with Crippen LogP contribution in [0.25, 0.3) is 0 Å². The summed E-state index contributed by atoms with van der Waals surface area (Å²) in [5, 5.41) is 62.7. The minimum absolute atomic E-state index is 0.0742. The molecule has 0 aromatic carbocycles. The molecule has 0 amide bonds. The van der Waals surface area contributed by atoms with E-state index < -0.39 is 99.9 Å². The lowest BCUT2D eigenvalue weighted by Crippen LogP contribution is -2.77. The lowest BCUT2D eigenvalue weighted by Gasteiger charge is -2.64. The Kier molecular flexibility index (Phi) is 8.13. The van der Waals surface area contributed by atoms with Gasteiger partial charge in [-0.1, -0.05) is 33.8 Å². The van der Waals surface area contributed by atoms with Crippen LogP contribution < -0.4 is 0 Å². The summed E-state index contributed by atoms with van der Waals surface area (Å²) in [6, 6.07) is -0.199. The first-order chi connectivity index (χ1) is 22.4. The van der Waals surface area contributed by atoms with Gasteiger partial charge in [0, 0.05) is 47.9 Å². The largest absolute Gasteiger partial charge is 0.456 e. The Bertz CT molecular complexity index is 1370. The number of hydrogen-bond donors (Lipinski definition) is 5. The van der Waals surface area contributed by atoms with Gasteiger partial charge >= 0.3 is 11.9 Å². The first kappa shape index (κ1) is 34.8. The summed E-state index contributed by atoms with van der Waals surface area (Å²) in [4.78, 5) is 28.8. The number of allylic oxidation sites excluding steroid dienone is 1. The summed E-state index contributed by atoms with van der Waals surface area (Å²) < 4.78 is 19.0. The highest BCUT2D eigenvalue weighted by Crippen LogP contribution is 2.77. The van der Waals surface area contributed by atoms with Gasteiger partial charge in [-0.25, -0.2) is 4.79 Å². The van der Waals surface area contributed by atoms with Crippen molar-refractivity contribution in [1.82, 2.24) is 4.90 Å². The summed E-state index contributed by atoms with van der Waals surface area (Å²) in [6.45, 7) is 14.3. The number of nitrogens with zero attached hydrogens (tertiary/aromatic N) is 1. The molecule has 48 heavy (non-hydrogen) atoms. The summed E-state index contributed by atoms with van der Waals surface area (Å²) >= 11 is 0. The molecule has 4 aliphatic carbocycles. The van der Waals surface area contributed by atoms with Crippen molar-refractivity contribution < 1.29 is 49.3 Å². The summed E-state index contributed by atoms with van der Waals surface area (Å²) in [5.41, 5.74) is -4.89. The highest BCUT2D eigenvalue weighted by atomic mass is 16.7. The predicted octanol–water partition coefficient (Wildman–Crippen LogP) is 2.30. The Morgan fingerprint density at radius 1 is 1.08 bits per heavy atom. The second-order valence-electron chi connectivity index (χ2n) is 17.3. The van der Waals surface area contributed by atoms with E-state index in [4.69, 9.17) is 14.2 Å². The molecule has 7 aliphatic rings. The van der Waals surface area contributed by atoms with Gasteiger partial charge in [-0.3, -0.25) is 9.69 Å². The van der Waals surface area contributed by atoms with Gasteiger partial charge in [0.2, 0.25) is 5.79 Å². The van der Waals surface area contributed by atoms with Crippen LogP contribution in [0.15, 0.2) is 11.6 Å². The molecule has 5 N–H and O–H groups in total. The Balaban J connectivity index is 1.36. The molecule has 11 nitrogen and oxygen atoms in total. The number of esters is 2. The van der Waals surface area contributed by atoms with Gasteiger partial charge in [0.1, 0.15) is 5.60 Å². The maximum atomic E-state index is 13.5. The normalized spacial score (nSPS) is 54.8. The molecule has 1 spiro atoms. The van der Waals surface area contributed by atoms with Crippen LogP contribution in [0.4, 0.5) is 0 Å². The van der Waals surface area contributed by atoms with Crippen LogP contribution in [-0.4, -0.2) is 109 Å².